The van der Waals surface area contributed by atoms with Crippen LogP contribution >= 0.6 is 23.1 Å². The lowest BCUT2D eigenvalue weighted by Gasteiger charge is -2.10. The third-order valence-corrected chi connectivity index (χ3v) is 8.29. The van der Waals surface area contributed by atoms with E-state index >= 15 is 0 Å². The standard InChI is InChI=1S/C32H24N2S2/c1-22-29(24-13-5-2-6-14-24)32(36-33-22)27-19-11-12-23(20-27)21-28-30(25-15-7-3-8-16-25)34-35-31(28)26-17-9-4-10-18-26/h2-20H,21H2,1H3. The van der Waals surface area contributed by atoms with Gasteiger partial charge in [0, 0.05) is 23.1 Å². The van der Waals surface area contributed by atoms with Crippen LogP contribution in [0.4, 0.5) is 0 Å². The van der Waals surface area contributed by atoms with Gasteiger partial charge in [0.25, 0.3) is 0 Å². The molecule has 0 saturated carbocycles. The Bertz CT molecular complexity index is 1540. The van der Waals surface area contributed by atoms with Gasteiger partial charge in [-0.2, -0.15) is 8.75 Å². The minimum Gasteiger partial charge on any atom is -0.197 e. The third-order valence-electron chi connectivity index (χ3n) is 6.37. The van der Waals surface area contributed by atoms with Gasteiger partial charge < -0.3 is 0 Å². The minimum absolute atomic E-state index is 0.817. The molecule has 0 bridgehead atoms. The normalized spacial score (nSPS) is 11.0. The average Bonchev–Trinajstić information content (AvgIpc) is 3.54. The summed E-state index contributed by atoms with van der Waals surface area (Å²) in [4.78, 5) is 2.45. The summed E-state index contributed by atoms with van der Waals surface area (Å²) in [7, 11) is 0. The van der Waals surface area contributed by atoms with Gasteiger partial charge in [0.1, 0.15) is 0 Å². The van der Waals surface area contributed by atoms with Crippen LogP contribution in [0, 0.1) is 6.92 Å². The van der Waals surface area contributed by atoms with Crippen LogP contribution in [0.2, 0.25) is 0 Å². The molecule has 0 fully saturated rings. The summed E-state index contributed by atoms with van der Waals surface area (Å²) < 4.78 is 9.65. The molecule has 0 radical (unpaired) electrons. The van der Waals surface area contributed by atoms with Crippen LogP contribution in [0.15, 0.2) is 115 Å². The average molecular weight is 501 g/mol. The maximum atomic E-state index is 4.93. The highest BCUT2D eigenvalue weighted by Crippen LogP contribution is 2.40. The number of rotatable bonds is 6. The molecule has 0 N–H and O–H groups in total. The Balaban J connectivity index is 1.43. The zero-order valence-electron chi connectivity index (χ0n) is 19.9. The zero-order valence-corrected chi connectivity index (χ0v) is 21.5. The first-order valence-electron chi connectivity index (χ1n) is 12.0. The molecule has 0 atom stereocenters. The Kier molecular flexibility index (Phi) is 6.29. The first-order chi connectivity index (χ1) is 17.8. The smallest absolute Gasteiger partial charge is 0.0882 e. The summed E-state index contributed by atoms with van der Waals surface area (Å²) >= 11 is 3.17. The van der Waals surface area contributed by atoms with Crippen molar-refractivity contribution in [1.82, 2.24) is 8.75 Å². The van der Waals surface area contributed by atoms with E-state index in [1.165, 1.54) is 43.1 Å². The van der Waals surface area contributed by atoms with E-state index in [0.717, 1.165) is 23.4 Å². The minimum atomic E-state index is 0.817. The van der Waals surface area contributed by atoms with Crippen LogP contribution in [0.3, 0.4) is 0 Å². The first kappa shape index (κ1) is 22.6. The monoisotopic (exact) mass is 500 g/mol. The van der Waals surface area contributed by atoms with Crippen LogP contribution < -0.4 is 0 Å². The van der Waals surface area contributed by atoms with E-state index in [1.54, 1.807) is 23.1 Å². The van der Waals surface area contributed by atoms with Gasteiger partial charge in [-0.15, -0.1) is 0 Å². The van der Waals surface area contributed by atoms with Crippen molar-refractivity contribution in [2.24, 2.45) is 0 Å². The molecule has 0 unspecified atom stereocenters. The van der Waals surface area contributed by atoms with E-state index in [-0.39, 0.29) is 0 Å². The fourth-order valence-corrected chi connectivity index (χ4v) is 6.48. The van der Waals surface area contributed by atoms with Crippen LogP contribution in [-0.4, -0.2) is 8.75 Å². The van der Waals surface area contributed by atoms with E-state index < -0.39 is 0 Å². The van der Waals surface area contributed by atoms with E-state index in [9.17, 15) is 0 Å². The van der Waals surface area contributed by atoms with Gasteiger partial charge in [-0.3, -0.25) is 0 Å². The van der Waals surface area contributed by atoms with Crippen LogP contribution in [0.25, 0.3) is 43.3 Å². The first-order valence-corrected chi connectivity index (χ1v) is 13.5. The third kappa shape index (κ3) is 4.41. The highest BCUT2D eigenvalue weighted by atomic mass is 32.1. The molecule has 0 amide bonds. The highest BCUT2D eigenvalue weighted by molar-refractivity contribution is 7.10. The van der Waals surface area contributed by atoms with Gasteiger partial charge in [0.15, 0.2) is 0 Å². The van der Waals surface area contributed by atoms with Gasteiger partial charge in [-0.1, -0.05) is 109 Å². The summed E-state index contributed by atoms with van der Waals surface area (Å²) in [6.07, 6.45) is 0.817. The Hall–Kier alpha value is -3.86. The zero-order chi connectivity index (χ0) is 24.3. The molecule has 0 saturated heterocycles. The molecule has 4 heteroatoms. The van der Waals surface area contributed by atoms with Gasteiger partial charge in [-0.05, 0) is 58.3 Å². The van der Waals surface area contributed by atoms with Crippen LogP contribution in [-0.2, 0) is 6.42 Å². The predicted molar refractivity (Wildman–Crippen MR) is 154 cm³/mol. The lowest BCUT2D eigenvalue weighted by molar-refractivity contribution is 1.20. The van der Waals surface area contributed by atoms with Crippen molar-refractivity contribution >= 4 is 23.1 Å². The second-order valence-corrected chi connectivity index (χ2v) is 10.3. The molecule has 36 heavy (non-hydrogen) atoms. The fraction of sp³-hybridized carbons (Fsp3) is 0.0625. The van der Waals surface area contributed by atoms with Gasteiger partial charge >= 0.3 is 0 Å². The van der Waals surface area contributed by atoms with Crippen molar-refractivity contribution in [2.75, 3.05) is 0 Å². The van der Waals surface area contributed by atoms with Crippen LogP contribution in [0.1, 0.15) is 16.8 Å². The molecular weight excluding hydrogens is 477 g/mol. The quantitative estimate of drug-likeness (QED) is 0.228. The summed E-state index contributed by atoms with van der Waals surface area (Å²) in [5.41, 5.74) is 10.7. The van der Waals surface area contributed by atoms with Gasteiger partial charge in [0.05, 0.1) is 21.1 Å². The van der Waals surface area contributed by atoms with Gasteiger partial charge in [-0.25, -0.2) is 0 Å². The SMILES string of the molecule is Cc1nsc(-c2cccc(Cc3c(-c4ccccc4)nsc3-c3ccccc3)c2)c1-c1ccccc1. The molecular formula is C32H24N2S2. The molecule has 0 aliphatic heterocycles. The molecule has 2 heterocycles. The molecule has 6 rings (SSSR count). The molecule has 2 aromatic heterocycles. The molecule has 4 aromatic carbocycles. The van der Waals surface area contributed by atoms with Crippen LogP contribution in [0.5, 0.6) is 0 Å². The number of hydrogen-bond donors (Lipinski definition) is 0. The second-order valence-electron chi connectivity index (χ2n) is 8.79. The van der Waals surface area contributed by atoms with Crippen molar-refractivity contribution < 1.29 is 0 Å². The molecule has 0 aliphatic rings. The van der Waals surface area contributed by atoms with Crippen molar-refractivity contribution in [1.29, 1.82) is 0 Å². The number of benzene rings is 4. The van der Waals surface area contributed by atoms with E-state index in [1.807, 2.05) is 0 Å². The lowest BCUT2D eigenvalue weighted by Crippen LogP contribution is -1.93. The Morgan fingerprint density at radius 2 is 1.14 bits per heavy atom. The maximum absolute atomic E-state index is 4.93. The topological polar surface area (TPSA) is 25.8 Å². The fourth-order valence-electron chi connectivity index (χ4n) is 4.65. The second kappa shape index (κ2) is 10.0. The van der Waals surface area contributed by atoms with Crippen molar-refractivity contribution in [3.05, 3.63) is 132 Å². The van der Waals surface area contributed by atoms with E-state index in [4.69, 9.17) is 8.75 Å². The van der Waals surface area contributed by atoms with Crippen molar-refractivity contribution in [3.63, 3.8) is 0 Å². The number of aryl methyl sites for hydroxylation is 1. The molecule has 0 spiro atoms. The highest BCUT2D eigenvalue weighted by Gasteiger charge is 2.19. The number of nitrogens with zero attached hydrogens (tertiary/aromatic N) is 2. The number of aromatic nitrogens is 2. The Morgan fingerprint density at radius 1 is 0.556 bits per heavy atom. The molecule has 174 valence electrons. The molecule has 6 aromatic rings. The van der Waals surface area contributed by atoms with Crippen molar-refractivity contribution in [3.8, 4) is 43.3 Å². The predicted octanol–water partition coefficient (Wildman–Crippen LogP) is 9.17. The summed E-state index contributed by atoms with van der Waals surface area (Å²) in [6.45, 7) is 2.10. The van der Waals surface area contributed by atoms with Gasteiger partial charge in [0.2, 0.25) is 0 Å². The Labute approximate surface area is 219 Å². The largest absolute Gasteiger partial charge is 0.197 e. The van der Waals surface area contributed by atoms with Crippen molar-refractivity contribution in [2.45, 2.75) is 13.3 Å². The lowest BCUT2D eigenvalue weighted by atomic mass is 9.95. The summed E-state index contributed by atoms with van der Waals surface area (Å²) in [6, 6.07) is 40.6. The maximum Gasteiger partial charge on any atom is 0.0882 e. The van der Waals surface area contributed by atoms with E-state index in [2.05, 4.69) is 122 Å². The number of hydrogen-bond acceptors (Lipinski definition) is 4. The van der Waals surface area contributed by atoms with E-state index in [0.29, 0.717) is 0 Å². The summed E-state index contributed by atoms with van der Waals surface area (Å²) in [5.74, 6) is 0. The molecule has 2 nitrogen and oxygen atoms in total. The molecule has 0 aliphatic carbocycles. The summed E-state index contributed by atoms with van der Waals surface area (Å²) in [5, 5.41) is 0. The Morgan fingerprint density at radius 3 is 1.83 bits per heavy atom.